The minimum absolute atomic E-state index is 0.0795. The maximum absolute atomic E-state index is 8.81. The van der Waals surface area contributed by atoms with Crippen LogP contribution in [0, 0.1) is 11.3 Å². The SMILES string of the molecule is N#Cc1cccc2c1[C@@H](N)CC2. The van der Waals surface area contributed by atoms with Crippen molar-refractivity contribution < 1.29 is 0 Å². The van der Waals surface area contributed by atoms with Crippen LogP contribution in [0.3, 0.4) is 0 Å². The van der Waals surface area contributed by atoms with Crippen molar-refractivity contribution in [2.45, 2.75) is 18.9 Å². The third kappa shape index (κ3) is 0.910. The molecule has 0 heterocycles. The molecular formula is C10H10N2. The molecule has 2 N–H and O–H groups in total. The Bertz CT molecular complexity index is 349. The van der Waals surface area contributed by atoms with Gasteiger partial charge in [-0.3, -0.25) is 0 Å². The van der Waals surface area contributed by atoms with Crippen molar-refractivity contribution in [3.8, 4) is 6.07 Å². The third-order valence-corrected chi connectivity index (χ3v) is 2.41. The first-order valence-corrected chi connectivity index (χ1v) is 4.10. The Morgan fingerprint density at radius 1 is 1.50 bits per heavy atom. The summed E-state index contributed by atoms with van der Waals surface area (Å²) in [4.78, 5) is 0. The van der Waals surface area contributed by atoms with E-state index in [4.69, 9.17) is 11.0 Å². The molecule has 0 saturated carbocycles. The highest BCUT2D eigenvalue weighted by molar-refractivity contribution is 5.47. The van der Waals surface area contributed by atoms with E-state index in [-0.39, 0.29) is 6.04 Å². The molecule has 1 aliphatic carbocycles. The lowest BCUT2D eigenvalue weighted by Gasteiger charge is -2.05. The van der Waals surface area contributed by atoms with E-state index in [0.29, 0.717) is 0 Å². The van der Waals surface area contributed by atoms with Gasteiger partial charge >= 0.3 is 0 Å². The van der Waals surface area contributed by atoms with Crippen molar-refractivity contribution in [2.75, 3.05) is 0 Å². The predicted octanol–water partition coefficient (Wildman–Crippen LogP) is 1.50. The first-order valence-electron chi connectivity index (χ1n) is 4.10. The highest BCUT2D eigenvalue weighted by Crippen LogP contribution is 2.31. The number of aryl methyl sites for hydroxylation is 1. The van der Waals surface area contributed by atoms with Gasteiger partial charge in [-0.05, 0) is 30.0 Å². The zero-order valence-electron chi connectivity index (χ0n) is 6.75. The van der Waals surface area contributed by atoms with Gasteiger partial charge in [0.25, 0.3) is 0 Å². The van der Waals surface area contributed by atoms with Crippen LogP contribution in [0.1, 0.15) is 29.2 Å². The fourth-order valence-corrected chi connectivity index (χ4v) is 1.82. The van der Waals surface area contributed by atoms with Crippen LogP contribution in [0.5, 0.6) is 0 Å². The molecule has 1 atom stereocenters. The summed E-state index contributed by atoms with van der Waals surface area (Å²) in [6.45, 7) is 0. The Kier molecular flexibility index (Phi) is 1.60. The highest BCUT2D eigenvalue weighted by atomic mass is 14.6. The molecule has 2 rings (SSSR count). The van der Waals surface area contributed by atoms with Crippen LogP contribution in [0.4, 0.5) is 0 Å². The second-order valence-electron chi connectivity index (χ2n) is 3.14. The van der Waals surface area contributed by atoms with E-state index in [9.17, 15) is 0 Å². The molecule has 0 aromatic heterocycles. The number of benzene rings is 1. The molecule has 60 valence electrons. The first kappa shape index (κ1) is 7.33. The van der Waals surface area contributed by atoms with Gasteiger partial charge in [-0.25, -0.2) is 0 Å². The van der Waals surface area contributed by atoms with Gasteiger partial charge in [0, 0.05) is 6.04 Å². The summed E-state index contributed by atoms with van der Waals surface area (Å²) in [5.41, 5.74) is 8.94. The fourth-order valence-electron chi connectivity index (χ4n) is 1.82. The summed E-state index contributed by atoms with van der Waals surface area (Å²) >= 11 is 0. The molecular weight excluding hydrogens is 148 g/mol. The second kappa shape index (κ2) is 2.62. The summed E-state index contributed by atoms with van der Waals surface area (Å²) in [5.74, 6) is 0. The van der Waals surface area contributed by atoms with Gasteiger partial charge in [-0.2, -0.15) is 5.26 Å². The van der Waals surface area contributed by atoms with Gasteiger partial charge in [0.05, 0.1) is 11.6 Å². The number of nitrogens with two attached hydrogens (primary N) is 1. The molecule has 1 aliphatic rings. The smallest absolute Gasteiger partial charge is 0.0995 e. The average molecular weight is 158 g/mol. The largest absolute Gasteiger partial charge is 0.324 e. The minimum Gasteiger partial charge on any atom is -0.324 e. The quantitative estimate of drug-likeness (QED) is 0.622. The van der Waals surface area contributed by atoms with E-state index < -0.39 is 0 Å². The minimum atomic E-state index is 0.0795. The molecule has 0 radical (unpaired) electrons. The van der Waals surface area contributed by atoms with E-state index in [2.05, 4.69) is 12.1 Å². The van der Waals surface area contributed by atoms with Crippen molar-refractivity contribution in [2.24, 2.45) is 5.73 Å². The Labute approximate surface area is 71.6 Å². The number of hydrogen-bond acceptors (Lipinski definition) is 2. The molecule has 0 aliphatic heterocycles. The van der Waals surface area contributed by atoms with Gasteiger partial charge in [0.1, 0.15) is 0 Å². The summed E-state index contributed by atoms with van der Waals surface area (Å²) in [7, 11) is 0. The van der Waals surface area contributed by atoms with Gasteiger partial charge in [0.15, 0.2) is 0 Å². The van der Waals surface area contributed by atoms with Crippen molar-refractivity contribution >= 4 is 0 Å². The van der Waals surface area contributed by atoms with Crippen molar-refractivity contribution in [3.63, 3.8) is 0 Å². The molecule has 0 bridgehead atoms. The fraction of sp³-hybridized carbons (Fsp3) is 0.300. The van der Waals surface area contributed by atoms with Crippen LogP contribution in [-0.2, 0) is 6.42 Å². The molecule has 12 heavy (non-hydrogen) atoms. The number of nitriles is 1. The summed E-state index contributed by atoms with van der Waals surface area (Å²) < 4.78 is 0. The molecule has 0 saturated heterocycles. The van der Waals surface area contributed by atoms with Gasteiger partial charge in [-0.1, -0.05) is 12.1 Å². The van der Waals surface area contributed by atoms with Crippen LogP contribution in [-0.4, -0.2) is 0 Å². The standard InChI is InChI=1S/C10H10N2/c11-6-8-3-1-2-7-4-5-9(12)10(7)8/h1-3,9H,4-5,12H2/t9-/m0/s1. The van der Waals surface area contributed by atoms with Crippen molar-refractivity contribution in [1.82, 2.24) is 0 Å². The topological polar surface area (TPSA) is 49.8 Å². The molecule has 0 unspecified atom stereocenters. The van der Waals surface area contributed by atoms with Crippen LogP contribution in [0.2, 0.25) is 0 Å². The first-order chi connectivity index (χ1) is 5.83. The zero-order valence-corrected chi connectivity index (χ0v) is 6.75. The molecule has 1 aromatic carbocycles. The van der Waals surface area contributed by atoms with Crippen LogP contribution in [0.25, 0.3) is 0 Å². The van der Waals surface area contributed by atoms with E-state index in [0.717, 1.165) is 24.0 Å². The molecule has 0 spiro atoms. The van der Waals surface area contributed by atoms with E-state index in [1.807, 2.05) is 12.1 Å². The zero-order chi connectivity index (χ0) is 8.55. The predicted molar refractivity (Wildman–Crippen MR) is 46.4 cm³/mol. The van der Waals surface area contributed by atoms with Crippen molar-refractivity contribution in [3.05, 3.63) is 34.9 Å². The number of rotatable bonds is 0. The lowest BCUT2D eigenvalue weighted by atomic mass is 10.0. The maximum Gasteiger partial charge on any atom is 0.0995 e. The van der Waals surface area contributed by atoms with Gasteiger partial charge in [-0.15, -0.1) is 0 Å². The van der Waals surface area contributed by atoms with E-state index in [1.165, 1.54) is 5.56 Å². The maximum atomic E-state index is 8.81. The molecule has 1 aromatic rings. The summed E-state index contributed by atoms with van der Waals surface area (Å²) in [6, 6.07) is 8.08. The molecule has 0 fully saturated rings. The number of fused-ring (bicyclic) bond motifs is 1. The Morgan fingerprint density at radius 3 is 3.08 bits per heavy atom. The Balaban J connectivity index is 2.62. The Hall–Kier alpha value is -1.33. The summed E-state index contributed by atoms with van der Waals surface area (Å²) in [5, 5.41) is 8.81. The average Bonchev–Trinajstić information content (AvgIpc) is 2.48. The van der Waals surface area contributed by atoms with Gasteiger partial charge < -0.3 is 5.73 Å². The molecule has 0 amide bonds. The normalized spacial score (nSPS) is 20.2. The lowest BCUT2D eigenvalue weighted by molar-refractivity contribution is 0.712. The molecule has 2 nitrogen and oxygen atoms in total. The highest BCUT2D eigenvalue weighted by Gasteiger charge is 2.21. The monoisotopic (exact) mass is 158 g/mol. The second-order valence-corrected chi connectivity index (χ2v) is 3.14. The number of nitrogens with zero attached hydrogens (tertiary/aromatic N) is 1. The van der Waals surface area contributed by atoms with E-state index in [1.54, 1.807) is 0 Å². The summed E-state index contributed by atoms with van der Waals surface area (Å²) in [6.07, 6.45) is 2.00. The lowest BCUT2D eigenvalue weighted by Crippen LogP contribution is -2.06. The Morgan fingerprint density at radius 2 is 2.33 bits per heavy atom. The van der Waals surface area contributed by atoms with E-state index >= 15 is 0 Å². The third-order valence-electron chi connectivity index (χ3n) is 2.41. The number of hydrogen-bond donors (Lipinski definition) is 1. The van der Waals surface area contributed by atoms with Crippen LogP contribution in [0.15, 0.2) is 18.2 Å². The van der Waals surface area contributed by atoms with Crippen molar-refractivity contribution in [1.29, 1.82) is 5.26 Å². The van der Waals surface area contributed by atoms with Crippen LogP contribution < -0.4 is 5.73 Å². The molecule has 2 heteroatoms. The van der Waals surface area contributed by atoms with Crippen LogP contribution >= 0.6 is 0 Å². The van der Waals surface area contributed by atoms with Gasteiger partial charge in [0.2, 0.25) is 0 Å².